The van der Waals surface area contributed by atoms with Crippen molar-refractivity contribution in [1.29, 1.82) is 0 Å². The molecule has 0 bridgehead atoms. The summed E-state index contributed by atoms with van der Waals surface area (Å²) >= 11 is 1.35. The van der Waals surface area contributed by atoms with E-state index >= 15 is 0 Å². The molecule has 17 heavy (non-hydrogen) atoms. The van der Waals surface area contributed by atoms with Crippen LogP contribution in [0.25, 0.3) is 0 Å². The number of anilines is 2. The highest BCUT2D eigenvalue weighted by molar-refractivity contribution is 7.15. The van der Waals surface area contributed by atoms with Crippen molar-refractivity contribution >= 4 is 28.1 Å². The SMILES string of the molecule is CCc1nnc(NC(=O)c2ccc(N)cn2)s1. The molecular weight excluding hydrogens is 238 g/mol. The van der Waals surface area contributed by atoms with Crippen LogP contribution in [0.2, 0.25) is 0 Å². The maximum Gasteiger partial charge on any atom is 0.276 e. The third-order valence-electron chi connectivity index (χ3n) is 2.01. The molecule has 1 amide bonds. The van der Waals surface area contributed by atoms with E-state index in [0.29, 0.717) is 16.5 Å². The summed E-state index contributed by atoms with van der Waals surface area (Å²) in [5.41, 5.74) is 6.30. The lowest BCUT2D eigenvalue weighted by molar-refractivity contribution is 0.102. The molecule has 0 fully saturated rings. The minimum atomic E-state index is -0.316. The molecule has 2 heterocycles. The summed E-state index contributed by atoms with van der Waals surface area (Å²) in [5, 5.41) is 11.8. The van der Waals surface area contributed by atoms with Gasteiger partial charge in [-0.15, -0.1) is 10.2 Å². The van der Waals surface area contributed by atoms with Gasteiger partial charge in [-0.05, 0) is 18.6 Å². The van der Waals surface area contributed by atoms with Gasteiger partial charge in [0.2, 0.25) is 5.13 Å². The predicted molar refractivity (Wildman–Crippen MR) is 65.9 cm³/mol. The predicted octanol–water partition coefficient (Wildman–Crippen LogP) is 1.33. The van der Waals surface area contributed by atoms with E-state index in [1.807, 2.05) is 6.92 Å². The Morgan fingerprint density at radius 1 is 1.47 bits per heavy atom. The van der Waals surface area contributed by atoms with Crippen LogP contribution in [-0.2, 0) is 6.42 Å². The number of amides is 1. The van der Waals surface area contributed by atoms with Crippen molar-refractivity contribution in [2.75, 3.05) is 11.1 Å². The second-order valence-electron chi connectivity index (χ2n) is 3.29. The van der Waals surface area contributed by atoms with E-state index in [9.17, 15) is 4.79 Å². The first kappa shape index (κ1) is 11.5. The first-order valence-corrected chi connectivity index (χ1v) is 5.86. The first-order chi connectivity index (χ1) is 8.19. The fourth-order valence-corrected chi connectivity index (χ4v) is 1.82. The molecule has 6 nitrogen and oxygen atoms in total. The third kappa shape index (κ3) is 2.76. The number of nitrogens with zero attached hydrogens (tertiary/aromatic N) is 3. The standard InChI is InChI=1S/C10H11N5OS/c1-2-8-14-15-10(17-8)13-9(16)7-4-3-6(11)5-12-7/h3-5H,2,11H2,1H3,(H,13,15,16). The molecule has 0 aliphatic rings. The lowest BCUT2D eigenvalue weighted by Gasteiger charge is -2.00. The Labute approximate surface area is 102 Å². The minimum absolute atomic E-state index is 0.299. The Kier molecular flexibility index (Phi) is 3.29. The van der Waals surface area contributed by atoms with Crippen molar-refractivity contribution in [3.63, 3.8) is 0 Å². The molecule has 0 radical (unpaired) electrons. The van der Waals surface area contributed by atoms with Gasteiger partial charge in [-0.3, -0.25) is 10.1 Å². The van der Waals surface area contributed by atoms with Crippen LogP contribution in [0, 0.1) is 0 Å². The van der Waals surface area contributed by atoms with Crippen molar-refractivity contribution in [2.45, 2.75) is 13.3 Å². The minimum Gasteiger partial charge on any atom is -0.397 e. The second kappa shape index (κ2) is 4.88. The second-order valence-corrected chi connectivity index (χ2v) is 4.35. The molecule has 0 saturated carbocycles. The fourth-order valence-electron chi connectivity index (χ4n) is 1.15. The van der Waals surface area contributed by atoms with Gasteiger partial charge in [0, 0.05) is 0 Å². The van der Waals surface area contributed by atoms with Crippen LogP contribution in [-0.4, -0.2) is 21.1 Å². The van der Waals surface area contributed by atoms with Crippen LogP contribution in [0.4, 0.5) is 10.8 Å². The van der Waals surface area contributed by atoms with Gasteiger partial charge in [-0.2, -0.15) is 0 Å². The van der Waals surface area contributed by atoms with Crippen molar-refractivity contribution in [2.24, 2.45) is 0 Å². The maximum absolute atomic E-state index is 11.7. The molecule has 2 aromatic rings. The van der Waals surface area contributed by atoms with Crippen LogP contribution >= 0.6 is 11.3 Å². The molecule has 0 aliphatic carbocycles. The van der Waals surface area contributed by atoms with Crippen LogP contribution in [0.1, 0.15) is 22.4 Å². The quantitative estimate of drug-likeness (QED) is 0.855. The van der Waals surface area contributed by atoms with E-state index in [2.05, 4.69) is 20.5 Å². The van der Waals surface area contributed by atoms with Crippen molar-refractivity contribution in [3.8, 4) is 0 Å². The zero-order chi connectivity index (χ0) is 12.3. The monoisotopic (exact) mass is 249 g/mol. The molecule has 88 valence electrons. The number of hydrogen-bond donors (Lipinski definition) is 2. The zero-order valence-corrected chi connectivity index (χ0v) is 9.99. The van der Waals surface area contributed by atoms with Crippen molar-refractivity contribution in [3.05, 3.63) is 29.0 Å². The summed E-state index contributed by atoms with van der Waals surface area (Å²) in [7, 11) is 0. The number of nitrogen functional groups attached to an aromatic ring is 1. The molecule has 3 N–H and O–H groups in total. The number of nitrogens with two attached hydrogens (primary N) is 1. The van der Waals surface area contributed by atoms with Gasteiger partial charge in [-0.25, -0.2) is 4.98 Å². The van der Waals surface area contributed by atoms with Crippen molar-refractivity contribution in [1.82, 2.24) is 15.2 Å². The summed E-state index contributed by atoms with van der Waals surface area (Å²) in [6.45, 7) is 1.98. The van der Waals surface area contributed by atoms with Gasteiger partial charge >= 0.3 is 0 Å². The van der Waals surface area contributed by atoms with E-state index in [4.69, 9.17) is 5.73 Å². The number of pyridine rings is 1. The molecule has 0 atom stereocenters. The van der Waals surface area contributed by atoms with Gasteiger partial charge in [0.05, 0.1) is 11.9 Å². The highest BCUT2D eigenvalue weighted by Gasteiger charge is 2.10. The summed E-state index contributed by atoms with van der Waals surface area (Å²) in [6, 6.07) is 3.19. The largest absolute Gasteiger partial charge is 0.397 e. The molecule has 0 aliphatic heterocycles. The lowest BCUT2D eigenvalue weighted by Crippen LogP contribution is -2.13. The Hall–Kier alpha value is -2.02. The Morgan fingerprint density at radius 2 is 2.29 bits per heavy atom. The van der Waals surface area contributed by atoms with E-state index < -0.39 is 0 Å². The van der Waals surface area contributed by atoms with Crippen molar-refractivity contribution < 1.29 is 4.79 Å². The topological polar surface area (TPSA) is 93.8 Å². The number of hydrogen-bond acceptors (Lipinski definition) is 6. The lowest BCUT2D eigenvalue weighted by atomic mass is 10.3. The molecule has 2 rings (SSSR count). The van der Waals surface area contributed by atoms with Gasteiger partial charge < -0.3 is 5.73 Å². The van der Waals surface area contributed by atoms with Gasteiger partial charge in [-0.1, -0.05) is 18.3 Å². The number of nitrogens with one attached hydrogen (secondary N) is 1. The van der Waals surface area contributed by atoms with E-state index in [0.717, 1.165) is 11.4 Å². The van der Waals surface area contributed by atoms with E-state index in [1.165, 1.54) is 17.5 Å². The third-order valence-corrected chi connectivity index (χ3v) is 2.99. The van der Waals surface area contributed by atoms with Gasteiger partial charge in [0.1, 0.15) is 10.7 Å². The summed E-state index contributed by atoms with van der Waals surface area (Å²) in [5.74, 6) is -0.316. The fraction of sp³-hybridized carbons (Fsp3) is 0.200. The normalized spacial score (nSPS) is 10.2. The molecule has 0 spiro atoms. The highest BCUT2D eigenvalue weighted by Crippen LogP contribution is 2.16. The Morgan fingerprint density at radius 3 is 2.88 bits per heavy atom. The maximum atomic E-state index is 11.7. The molecule has 2 aromatic heterocycles. The highest BCUT2D eigenvalue weighted by atomic mass is 32.1. The Balaban J connectivity index is 2.08. The van der Waals surface area contributed by atoms with Crippen LogP contribution in [0.5, 0.6) is 0 Å². The average molecular weight is 249 g/mol. The molecule has 0 unspecified atom stereocenters. The van der Waals surface area contributed by atoms with Crippen LogP contribution in [0.15, 0.2) is 18.3 Å². The summed E-state index contributed by atoms with van der Waals surface area (Å²) in [6.07, 6.45) is 2.24. The first-order valence-electron chi connectivity index (χ1n) is 5.04. The molecule has 0 saturated heterocycles. The number of carbonyl (C=O) groups is 1. The summed E-state index contributed by atoms with van der Waals surface area (Å²) in [4.78, 5) is 15.7. The van der Waals surface area contributed by atoms with Gasteiger partial charge in [0.25, 0.3) is 5.91 Å². The van der Waals surface area contributed by atoms with Crippen LogP contribution in [0.3, 0.4) is 0 Å². The van der Waals surface area contributed by atoms with Gasteiger partial charge in [0.15, 0.2) is 0 Å². The van der Waals surface area contributed by atoms with E-state index in [-0.39, 0.29) is 5.91 Å². The number of aromatic nitrogens is 3. The number of carbonyl (C=O) groups excluding carboxylic acids is 1. The Bertz CT molecular complexity index is 522. The average Bonchev–Trinajstić information content (AvgIpc) is 2.77. The summed E-state index contributed by atoms with van der Waals surface area (Å²) < 4.78 is 0. The zero-order valence-electron chi connectivity index (χ0n) is 9.17. The van der Waals surface area contributed by atoms with E-state index in [1.54, 1.807) is 12.1 Å². The molecular formula is C10H11N5OS. The number of rotatable bonds is 3. The molecule has 0 aromatic carbocycles. The number of aryl methyl sites for hydroxylation is 1. The van der Waals surface area contributed by atoms with Crippen LogP contribution < -0.4 is 11.1 Å². The smallest absolute Gasteiger partial charge is 0.276 e. The molecule has 7 heteroatoms.